The lowest BCUT2D eigenvalue weighted by Gasteiger charge is -2.44. The number of allylic oxidation sites excluding steroid dienone is 1. The molecule has 0 aliphatic carbocycles. The molecule has 1 atom stereocenters. The van der Waals surface area contributed by atoms with E-state index in [4.69, 9.17) is 0 Å². The molecular weight excluding hydrogens is 134 g/mol. The fourth-order valence-electron chi connectivity index (χ4n) is 1.67. The molecule has 64 valence electrons. The number of rotatable bonds is 1. The zero-order chi connectivity index (χ0) is 8.48. The Kier molecular flexibility index (Phi) is 2.26. The molecule has 0 spiro atoms. The van der Waals surface area contributed by atoms with Crippen molar-refractivity contribution in [3.8, 4) is 0 Å². The van der Waals surface area contributed by atoms with Crippen molar-refractivity contribution < 1.29 is 0 Å². The van der Waals surface area contributed by atoms with Gasteiger partial charge in [0, 0.05) is 12.1 Å². The molecule has 1 nitrogen and oxygen atoms in total. The van der Waals surface area contributed by atoms with Crippen LogP contribution in [0.25, 0.3) is 0 Å². The van der Waals surface area contributed by atoms with Crippen LogP contribution < -0.4 is 0 Å². The van der Waals surface area contributed by atoms with Crippen molar-refractivity contribution >= 4 is 0 Å². The van der Waals surface area contributed by atoms with Gasteiger partial charge in [0.15, 0.2) is 0 Å². The van der Waals surface area contributed by atoms with Gasteiger partial charge in [0.05, 0.1) is 0 Å². The normalized spacial score (nSPS) is 29.1. The van der Waals surface area contributed by atoms with E-state index in [1.54, 1.807) is 0 Å². The van der Waals surface area contributed by atoms with E-state index in [2.05, 4.69) is 44.9 Å². The van der Waals surface area contributed by atoms with Crippen LogP contribution in [0.3, 0.4) is 0 Å². The maximum Gasteiger partial charge on any atom is 0.0368 e. The molecule has 1 rings (SSSR count). The first-order valence-corrected chi connectivity index (χ1v) is 4.52. The molecule has 0 aromatic carbocycles. The minimum absolute atomic E-state index is 0.351. The Morgan fingerprint density at radius 1 is 1.55 bits per heavy atom. The van der Waals surface area contributed by atoms with Gasteiger partial charge in [-0.2, -0.15) is 0 Å². The van der Waals surface area contributed by atoms with E-state index in [-0.39, 0.29) is 0 Å². The van der Waals surface area contributed by atoms with Crippen molar-refractivity contribution in [2.24, 2.45) is 5.92 Å². The fourth-order valence-corrected chi connectivity index (χ4v) is 1.67. The molecule has 1 aliphatic rings. The monoisotopic (exact) mass is 153 g/mol. The highest BCUT2D eigenvalue weighted by Crippen LogP contribution is 2.30. The first kappa shape index (κ1) is 8.63. The molecule has 0 N–H and O–H groups in total. The molecule has 0 amide bonds. The molecule has 0 bridgehead atoms. The van der Waals surface area contributed by atoms with Crippen molar-refractivity contribution in [2.45, 2.75) is 39.7 Å². The molecule has 1 aliphatic heterocycles. The maximum atomic E-state index is 2.42. The van der Waals surface area contributed by atoms with Gasteiger partial charge in [0.25, 0.3) is 0 Å². The predicted molar refractivity (Wildman–Crippen MR) is 49.4 cm³/mol. The van der Waals surface area contributed by atoms with E-state index in [0.29, 0.717) is 5.54 Å². The van der Waals surface area contributed by atoms with Crippen LogP contribution in [0, 0.1) is 5.92 Å². The summed E-state index contributed by atoms with van der Waals surface area (Å²) in [5.74, 6) is 0.771. The summed E-state index contributed by atoms with van der Waals surface area (Å²) in [6.07, 6.45) is 5.74. The van der Waals surface area contributed by atoms with Gasteiger partial charge in [0.2, 0.25) is 0 Å². The minimum atomic E-state index is 0.351. The highest BCUT2D eigenvalue weighted by molar-refractivity contribution is 5.01. The van der Waals surface area contributed by atoms with Crippen LogP contribution in [0.2, 0.25) is 0 Å². The molecule has 1 heterocycles. The minimum Gasteiger partial charge on any atom is -0.373 e. The molecule has 1 unspecified atom stereocenters. The smallest absolute Gasteiger partial charge is 0.0368 e. The van der Waals surface area contributed by atoms with Crippen molar-refractivity contribution in [3.63, 3.8) is 0 Å². The zero-order valence-corrected chi connectivity index (χ0v) is 8.09. The summed E-state index contributed by atoms with van der Waals surface area (Å²) in [6, 6.07) is 0. The van der Waals surface area contributed by atoms with Crippen molar-refractivity contribution in [1.82, 2.24) is 4.90 Å². The topological polar surface area (TPSA) is 3.24 Å². The van der Waals surface area contributed by atoms with Gasteiger partial charge >= 0.3 is 0 Å². The van der Waals surface area contributed by atoms with Crippen LogP contribution in [0.15, 0.2) is 12.3 Å². The Morgan fingerprint density at radius 2 is 2.18 bits per heavy atom. The summed E-state index contributed by atoms with van der Waals surface area (Å²) in [7, 11) is 0. The molecule has 0 radical (unpaired) electrons. The van der Waals surface area contributed by atoms with Crippen molar-refractivity contribution in [3.05, 3.63) is 12.3 Å². The Balaban J connectivity index is 2.78. The second-order valence-electron chi connectivity index (χ2n) is 3.96. The maximum absolute atomic E-state index is 2.42. The van der Waals surface area contributed by atoms with Gasteiger partial charge in [0.1, 0.15) is 0 Å². The predicted octanol–water partition coefficient (Wildman–Crippen LogP) is 2.64. The summed E-state index contributed by atoms with van der Waals surface area (Å²) >= 11 is 0. The van der Waals surface area contributed by atoms with Crippen molar-refractivity contribution in [2.75, 3.05) is 6.54 Å². The SMILES string of the molecule is CCN1C=CCC(C)C1(C)C. The highest BCUT2D eigenvalue weighted by Gasteiger charge is 2.31. The zero-order valence-electron chi connectivity index (χ0n) is 8.09. The molecule has 0 fully saturated rings. The standard InChI is InChI=1S/C10H19N/c1-5-11-8-6-7-9(2)10(11,3)4/h6,8-9H,5,7H2,1-4H3. The van der Waals surface area contributed by atoms with Gasteiger partial charge in [-0.3, -0.25) is 0 Å². The molecular formula is C10H19N. The molecule has 1 heteroatoms. The Morgan fingerprint density at radius 3 is 2.64 bits per heavy atom. The second kappa shape index (κ2) is 2.88. The quantitative estimate of drug-likeness (QED) is 0.560. The summed E-state index contributed by atoms with van der Waals surface area (Å²) in [4.78, 5) is 2.42. The molecule has 0 saturated heterocycles. The van der Waals surface area contributed by atoms with Gasteiger partial charge in [-0.05, 0) is 39.3 Å². The average molecular weight is 153 g/mol. The van der Waals surface area contributed by atoms with Crippen molar-refractivity contribution in [1.29, 1.82) is 0 Å². The largest absolute Gasteiger partial charge is 0.373 e. The fraction of sp³-hybridized carbons (Fsp3) is 0.800. The summed E-state index contributed by atoms with van der Waals surface area (Å²) in [6.45, 7) is 10.3. The lowest BCUT2D eigenvalue weighted by Crippen LogP contribution is -2.47. The molecule has 0 aromatic heterocycles. The summed E-state index contributed by atoms with van der Waals surface area (Å²) in [5, 5.41) is 0. The number of hydrogen-bond acceptors (Lipinski definition) is 1. The van der Waals surface area contributed by atoms with Crippen LogP contribution in [0.5, 0.6) is 0 Å². The third-order valence-corrected chi connectivity index (χ3v) is 3.06. The Bertz CT molecular complexity index is 158. The highest BCUT2D eigenvalue weighted by atomic mass is 15.2. The first-order valence-electron chi connectivity index (χ1n) is 4.52. The molecule has 11 heavy (non-hydrogen) atoms. The molecule has 0 aromatic rings. The van der Waals surface area contributed by atoms with Crippen LogP contribution in [-0.4, -0.2) is 17.0 Å². The van der Waals surface area contributed by atoms with Crippen LogP contribution in [0.1, 0.15) is 34.1 Å². The van der Waals surface area contributed by atoms with Crippen LogP contribution in [-0.2, 0) is 0 Å². The summed E-state index contributed by atoms with van der Waals surface area (Å²) in [5.41, 5.74) is 0.351. The van der Waals surface area contributed by atoms with Gasteiger partial charge in [-0.25, -0.2) is 0 Å². The van der Waals surface area contributed by atoms with E-state index >= 15 is 0 Å². The van der Waals surface area contributed by atoms with E-state index in [0.717, 1.165) is 12.5 Å². The first-order chi connectivity index (χ1) is 5.09. The average Bonchev–Trinajstić information content (AvgIpc) is 1.95. The van der Waals surface area contributed by atoms with E-state index in [1.165, 1.54) is 6.42 Å². The van der Waals surface area contributed by atoms with E-state index in [1.807, 2.05) is 0 Å². The lowest BCUT2D eigenvalue weighted by molar-refractivity contribution is 0.114. The van der Waals surface area contributed by atoms with Crippen LogP contribution >= 0.6 is 0 Å². The van der Waals surface area contributed by atoms with E-state index in [9.17, 15) is 0 Å². The lowest BCUT2D eigenvalue weighted by atomic mass is 9.83. The van der Waals surface area contributed by atoms with Gasteiger partial charge < -0.3 is 4.90 Å². The van der Waals surface area contributed by atoms with Gasteiger partial charge in [-0.1, -0.05) is 13.0 Å². The number of nitrogens with zero attached hydrogens (tertiary/aromatic N) is 1. The van der Waals surface area contributed by atoms with E-state index < -0.39 is 0 Å². The summed E-state index contributed by atoms with van der Waals surface area (Å²) < 4.78 is 0. The van der Waals surface area contributed by atoms with Gasteiger partial charge in [-0.15, -0.1) is 0 Å². The Labute approximate surface area is 70.1 Å². The molecule has 0 saturated carbocycles. The third-order valence-electron chi connectivity index (χ3n) is 3.06. The third kappa shape index (κ3) is 1.42. The second-order valence-corrected chi connectivity index (χ2v) is 3.96. The van der Waals surface area contributed by atoms with Crippen LogP contribution in [0.4, 0.5) is 0 Å². The Hall–Kier alpha value is -0.460. The number of hydrogen-bond donors (Lipinski definition) is 0.